The Morgan fingerprint density at radius 1 is 1.21 bits per heavy atom. The molecule has 1 aliphatic heterocycles. The van der Waals surface area contributed by atoms with Crippen LogP contribution in [-0.4, -0.2) is 64.7 Å². The lowest BCUT2D eigenvalue weighted by atomic mass is 9.80. The van der Waals surface area contributed by atoms with E-state index in [-0.39, 0.29) is 24.5 Å². The second-order valence-corrected chi connectivity index (χ2v) is 8.62. The monoisotopic (exact) mass is 467 g/mol. The van der Waals surface area contributed by atoms with Crippen molar-refractivity contribution in [2.75, 3.05) is 20.2 Å². The molecule has 34 heavy (non-hydrogen) atoms. The maximum Gasteiger partial charge on any atom is 0.228 e. The number of carbonyl (C=O) groups is 3. The highest BCUT2D eigenvalue weighted by molar-refractivity contribution is 5.99. The number of aliphatic hydroxyl groups is 1. The molecule has 3 unspecified atom stereocenters. The predicted molar refractivity (Wildman–Crippen MR) is 123 cm³/mol. The van der Waals surface area contributed by atoms with Gasteiger partial charge in [0.05, 0.1) is 30.5 Å². The number of nitrogens with one attached hydrogen (secondary N) is 1. The molecule has 9 heteroatoms. The maximum absolute atomic E-state index is 12.7. The molecule has 1 aliphatic carbocycles. The standard InChI is InChI=1S/C21H27N3O2.C4H4O4/c1-4-15(12-25)22-21(26)14-8-17-16-6-5-7-18-20(16)13(10-23(18)2)9-19(17)24(3)11-14;5-3(6)1-2-4(7)8/h5-8,10,14-15,19,25H,4,9,11-12H2,1-3H3,(H,22,26);1-2H,(H,5,6)(H,7,8)/p-2. The number of benzene rings is 1. The summed E-state index contributed by atoms with van der Waals surface area (Å²) in [5, 5.41) is 32.5. The van der Waals surface area contributed by atoms with Gasteiger partial charge in [-0.3, -0.25) is 9.69 Å². The Morgan fingerprint density at radius 2 is 1.88 bits per heavy atom. The number of aliphatic carboxylic acids is 2. The zero-order chi connectivity index (χ0) is 25.0. The molecule has 4 rings (SSSR count). The minimum Gasteiger partial charge on any atom is -0.545 e. The number of carbonyl (C=O) groups excluding carboxylic acids is 3. The number of amides is 1. The summed E-state index contributed by atoms with van der Waals surface area (Å²) in [6, 6.07) is 6.60. The number of aromatic nitrogens is 1. The number of nitrogens with zero attached hydrogens (tertiary/aromatic N) is 2. The van der Waals surface area contributed by atoms with Gasteiger partial charge in [0.15, 0.2) is 0 Å². The lowest BCUT2D eigenvalue weighted by Gasteiger charge is -2.39. The summed E-state index contributed by atoms with van der Waals surface area (Å²) in [6.07, 6.45) is 6.89. The van der Waals surface area contributed by atoms with Gasteiger partial charge >= 0.3 is 0 Å². The van der Waals surface area contributed by atoms with Gasteiger partial charge in [-0.15, -0.1) is 0 Å². The highest BCUT2D eigenvalue weighted by Crippen LogP contribution is 2.41. The molecule has 2 aromatic rings. The van der Waals surface area contributed by atoms with Gasteiger partial charge in [0.1, 0.15) is 0 Å². The summed E-state index contributed by atoms with van der Waals surface area (Å²) >= 11 is 0. The average molecular weight is 468 g/mol. The van der Waals surface area contributed by atoms with Gasteiger partial charge in [-0.1, -0.05) is 25.1 Å². The molecule has 0 fully saturated rings. The molecule has 1 amide bonds. The Morgan fingerprint density at radius 3 is 2.47 bits per heavy atom. The van der Waals surface area contributed by atoms with Crippen molar-refractivity contribution < 1.29 is 29.7 Å². The molecule has 0 saturated carbocycles. The molecule has 0 bridgehead atoms. The first kappa shape index (κ1) is 25.2. The smallest absolute Gasteiger partial charge is 0.228 e. The van der Waals surface area contributed by atoms with Gasteiger partial charge in [-0.25, -0.2) is 0 Å². The highest BCUT2D eigenvalue weighted by Gasteiger charge is 2.36. The first-order chi connectivity index (χ1) is 16.2. The minimum absolute atomic E-state index is 0.00901. The number of aryl methyl sites for hydroxylation is 1. The van der Waals surface area contributed by atoms with Crippen molar-refractivity contribution in [1.82, 2.24) is 14.8 Å². The van der Waals surface area contributed by atoms with E-state index in [0.717, 1.165) is 12.8 Å². The number of likely N-dealkylation sites (N-methyl/N-ethyl adjacent to an activating group) is 1. The van der Waals surface area contributed by atoms with Crippen molar-refractivity contribution in [2.45, 2.75) is 31.8 Å². The summed E-state index contributed by atoms with van der Waals surface area (Å²) in [6.45, 7) is 2.66. The molecule has 0 spiro atoms. The molecular weight excluding hydrogens is 438 g/mol. The number of fused-ring (bicyclic) bond motifs is 2. The van der Waals surface area contributed by atoms with E-state index in [1.165, 1.54) is 27.6 Å². The summed E-state index contributed by atoms with van der Waals surface area (Å²) in [5.41, 5.74) is 5.16. The van der Waals surface area contributed by atoms with Gasteiger partial charge < -0.3 is 34.8 Å². The Bertz CT molecular complexity index is 1130. The van der Waals surface area contributed by atoms with E-state index in [1.54, 1.807) is 0 Å². The minimum atomic E-state index is -1.55. The molecule has 1 aromatic carbocycles. The SMILES string of the molecule is CCC(CO)NC(=O)C1C=C2c3cccc4c3c(cn4C)CC2N(C)C1.O=C([O-])C=CC(=O)[O-]. The van der Waals surface area contributed by atoms with Crippen molar-refractivity contribution in [1.29, 1.82) is 0 Å². The molecule has 2 aliphatic rings. The van der Waals surface area contributed by atoms with Crippen LogP contribution in [0.15, 0.2) is 42.6 Å². The molecule has 2 heterocycles. The van der Waals surface area contributed by atoms with Crippen LogP contribution in [0, 0.1) is 5.92 Å². The van der Waals surface area contributed by atoms with Crippen molar-refractivity contribution in [3.8, 4) is 0 Å². The summed E-state index contributed by atoms with van der Waals surface area (Å²) in [5.74, 6) is -3.27. The fraction of sp³-hybridized carbons (Fsp3) is 0.400. The number of carboxylic acids is 2. The largest absolute Gasteiger partial charge is 0.545 e. The fourth-order valence-corrected chi connectivity index (χ4v) is 4.61. The van der Waals surface area contributed by atoms with E-state index in [9.17, 15) is 29.7 Å². The third-order valence-electron chi connectivity index (χ3n) is 6.33. The first-order valence-corrected chi connectivity index (χ1v) is 11.2. The molecule has 0 radical (unpaired) electrons. The fourth-order valence-electron chi connectivity index (χ4n) is 4.61. The van der Waals surface area contributed by atoms with Gasteiger partial charge in [-0.2, -0.15) is 0 Å². The lowest BCUT2D eigenvalue weighted by molar-refractivity contribution is -0.301. The van der Waals surface area contributed by atoms with Crippen LogP contribution >= 0.6 is 0 Å². The summed E-state index contributed by atoms with van der Waals surface area (Å²) < 4.78 is 2.20. The van der Waals surface area contributed by atoms with Crippen molar-refractivity contribution in [2.24, 2.45) is 13.0 Å². The van der Waals surface area contributed by atoms with Crippen LogP contribution in [-0.2, 0) is 27.9 Å². The van der Waals surface area contributed by atoms with E-state index in [0.29, 0.717) is 24.7 Å². The highest BCUT2D eigenvalue weighted by atomic mass is 16.4. The number of hydrogen-bond donors (Lipinski definition) is 2. The van der Waals surface area contributed by atoms with Crippen molar-refractivity contribution in [3.63, 3.8) is 0 Å². The van der Waals surface area contributed by atoms with E-state index in [1.807, 2.05) is 6.92 Å². The molecular formula is C25H29N3O6-2. The van der Waals surface area contributed by atoms with Crippen LogP contribution in [0.5, 0.6) is 0 Å². The predicted octanol–water partition coefficient (Wildman–Crippen LogP) is -1.02. The molecule has 2 N–H and O–H groups in total. The van der Waals surface area contributed by atoms with E-state index in [4.69, 9.17) is 0 Å². The zero-order valence-corrected chi connectivity index (χ0v) is 19.5. The summed E-state index contributed by atoms with van der Waals surface area (Å²) in [7, 11) is 4.20. The van der Waals surface area contributed by atoms with Crippen molar-refractivity contribution >= 4 is 34.3 Å². The maximum atomic E-state index is 12.7. The number of rotatable bonds is 6. The Hall–Kier alpha value is -3.43. The second kappa shape index (κ2) is 10.7. The van der Waals surface area contributed by atoms with E-state index < -0.39 is 11.9 Å². The molecule has 1 aromatic heterocycles. The third kappa shape index (κ3) is 5.37. The molecule has 182 valence electrons. The number of hydrogen-bond acceptors (Lipinski definition) is 7. The van der Waals surface area contributed by atoms with Gasteiger partial charge in [0.2, 0.25) is 5.91 Å². The normalized spacial score (nSPS) is 20.2. The quantitative estimate of drug-likeness (QED) is 0.519. The average Bonchev–Trinajstić information content (AvgIpc) is 3.13. The van der Waals surface area contributed by atoms with Crippen LogP contribution in [0.1, 0.15) is 24.5 Å². The summed E-state index contributed by atoms with van der Waals surface area (Å²) in [4.78, 5) is 33.9. The lowest BCUT2D eigenvalue weighted by Crippen LogP contribution is -2.48. The second-order valence-electron chi connectivity index (χ2n) is 8.62. The molecule has 9 nitrogen and oxygen atoms in total. The Balaban J connectivity index is 0.000000350. The van der Waals surface area contributed by atoms with Crippen LogP contribution in [0.4, 0.5) is 0 Å². The Kier molecular flexibility index (Phi) is 7.90. The Labute approximate surface area is 198 Å². The number of carboxylic acid groups (broad SMARTS) is 2. The zero-order valence-electron chi connectivity index (χ0n) is 19.5. The molecule has 0 saturated heterocycles. The van der Waals surface area contributed by atoms with Crippen LogP contribution < -0.4 is 15.5 Å². The van der Waals surface area contributed by atoms with Gasteiger partial charge in [0, 0.05) is 36.7 Å². The number of aliphatic hydroxyl groups excluding tert-OH is 1. The topological polar surface area (TPSA) is 138 Å². The van der Waals surface area contributed by atoms with Crippen LogP contribution in [0.25, 0.3) is 16.5 Å². The first-order valence-electron chi connectivity index (χ1n) is 11.2. The van der Waals surface area contributed by atoms with Gasteiger partial charge in [-0.05, 0) is 54.8 Å². The molecule has 3 atom stereocenters. The van der Waals surface area contributed by atoms with E-state index in [2.05, 4.69) is 59.4 Å². The van der Waals surface area contributed by atoms with Crippen molar-refractivity contribution in [3.05, 3.63) is 53.8 Å². The van der Waals surface area contributed by atoms with Gasteiger partial charge in [0.25, 0.3) is 0 Å². The third-order valence-corrected chi connectivity index (χ3v) is 6.33. The van der Waals surface area contributed by atoms with Crippen LogP contribution in [0.2, 0.25) is 0 Å². The van der Waals surface area contributed by atoms with E-state index >= 15 is 0 Å². The van der Waals surface area contributed by atoms with Crippen LogP contribution in [0.3, 0.4) is 0 Å².